The topological polar surface area (TPSA) is 111 Å². The first-order valence-electron chi connectivity index (χ1n) is 40.2. The zero-order valence-electron chi connectivity index (χ0n) is 65.6. The van der Waals surface area contributed by atoms with E-state index >= 15 is 0 Å². The summed E-state index contributed by atoms with van der Waals surface area (Å²) in [5.41, 5.74) is 0. The molecule has 0 heterocycles. The fourth-order valence-corrected chi connectivity index (χ4v) is 10.1. The number of carboxylic acid groups (broad SMARTS) is 1. The minimum absolute atomic E-state index is 0.132. The van der Waals surface area contributed by atoms with Gasteiger partial charge in [0.2, 0.25) is 0 Å². The molecule has 103 heavy (non-hydrogen) atoms. The molecule has 0 radical (unpaired) electrons. The van der Waals surface area contributed by atoms with Gasteiger partial charge in [-0.25, -0.2) is 0 Å². The Labute approximate surface area is 631 Å². The van der Waals surface area contributed by atoms with Crippen LogP contribution in [0.25, 0.3) is 0 Å². The molecule has 0 aromatic rings. The van der Waals surface area contributed by atoms with Crippen LogP contribution < -0.4 is 5.11 Å². The van der Waals surface area contributed by atoms with Gasteiger partial charge in [0.1, 0.15) is 13.2 Å². The number of aliphatic carboxylic acids is 1. The highest BCUT2D eigenvalue weighted by molar-refractivity contribution is 5.70. The molecule has 0 N–H and O–H groups in total. The Hall–Kier alpha value is -6.91. The van der Waals surface area contributed by atoms with Gasteiger partial charge in [0.25, 0.3) is 0 Å². The summed E-state index contributed by atoms with van der Waals surface area (Å²) >= 11 is 0. The summed E-state index contributed by atoms with van der Waals surface area (Å²) in [6, 6.07) is 0. The lowest BCUT2D eigenvalue weighted by Crippen LogP contribution is -2.44. The van der Waals surface area contributed by atoms with E-state index in [1.54, 1.807) is 0 Å². The Balaban J connectivity index is 4.20. The van der Waals surface area contributed by atoms with Gasteiger partial charge in [0.15, 0.2) is 12.4 Å². The van der Waals surface area contributed by atoms with Gasteiger partial charge in [-0.2, -0.15) is 0 Å². The Bertz CT molecular complexity index is 2610. The second-order valence-corrected chi connectivity index (χ2v) is 26.9. The molecule has 0 saturated heterocycles. The SMILES string of the molecule is CC/C=C\C/C=C\C/C=C\C/C=C\C/C=C\C/C=C\C/C=C\C/C=C\C/C=C\C/C=C\CCCCCCCCCCC(=O)OCC(COC(OCC[N+](C)(C)C)C(=O)[O-])OC(=O)CCCCCCCCCC/C=C\C/C=C\C/C=C\C/C=C\C/C=C\C/C=C\C/C=C\C/C=C\C/C=C\C/C=C\CC. The first-order valence-corrected chi connectivity index (χ1v) is 40.2. The van der Waals surface area contributed by atoms with E-state index in [0.29, 0.717) is 23.9 Å². The maximum Gasteiger partial charge on any atom is 0.306 e. The van der Waals surface area contributed by atoms with Gasteiger partial charge in [-0.15, -0.1) is 0 Å². The summed E-state index contributed by atoms with van der Waals surface area (Å²) < 4.78 is 22.8. The Kier molecular flexibility index (Phi) is 75.4. The second kappa shape index (κ2) is 80.8. The van der Waals surface area contributed by atoms with Gasteiger partial charge in [-0.05, 0) is 167 Å². The minimum Gasteiger partial charge on any atom is -0.545 e. The molecule has 0 aliphatic heterocycles. The summed E-state index contributed by atoms with van der Waals surface area (Å²) in [6.45, 7) is 4.47. The van der Waals surface area contributed by atoms with Crippen LogP contribution in [0.1, 0.15) is 271 Å². The number of allylic oxidation sites excluding steroid dienone is 40. The Morgan fingerprint density at radius 1 is 0.291 bits per heavy atom. The molecule has 574 valence electrons. The standard InChI is InChI=1S/C94H145NO8/c1-6-8-10-12-14-16-18-20-22-24-26-28-30-32-34-36-38-40-42-44-46-48-50-52-54-56-58-60-62-64-66-68-70-72-74-76-78-80-82-84-91(96)101-88-90(89-102-94(93(98)99)100-87-86-95(3,4)5)103-92(97)85-83-81-79-77-75-73-71-69-67-65-63-61-59-57-55-53-51-49-47-45-43-41-39-37-35-33-31-29-27-25-23-21-19-17-15-13-11-9-7-2/h8-11,14-17,20-23,26-29,32-35,38-41,44-47,50-53,56-59,62-65,90,94H,6-7,12-13,18-19,24-25,30-31,36-37,42-43,48-49,54-55,60-61,66-89H2,1-5H3/b10-8-,11-9-,16-14-,17-15-,22-20-,23-21-,28-26-,29-27-,34-32-,35-33-,40-38-,41-39-,46-44-,47-45-,52-50-,53-51-,58-56-,59-57-,64-62-,65-63-. The molecule has 0 aliphatic carbocycles. The summed E-state index contributed by atoms with van der Waals surface area (Å²) in [6.07, 6.45) is 127. The number of likely N-dealkylation sites (N-methyl/N-ethyl adjacent to an activating group) is 1. The maximum atomic E-state index is 13.0. The molecule has 2 unspecified atom stereocenters. The third kappa shape index (κ3) is 82.3. The largest absolute Gasteiger partial charge is 0.545 e. The maximum absolute atomic E-state index is 13.0. The summed E-state index contributed by atoms with van der Waals surface area (Å²) in [7, 11) is 5.91. The molecule has 0 fully saturated rings. The van der Waals surface area contributed by atoms with Gasteiger partial charge >= 0.3 is 11.9 Å². The van der Waals surface area contributed by atoms with Crippen LogP contribution in [0.2, 0.25) is 0 Å². The minimum atomic E-state index is -1.64. The van der Waals surface area contributed by atoms with Crippen molar-refractivity contribution in [2.75, 3.05) is 47.5 Å². The molecule has 0 spiro atoms. The highest BCUT2D eigenvalue weighted by atomic mass is 16.7. The molecule has 0 saturated carbocycles. The van der Waals surface area contributed by atoms with E-state index in [1.807, 2.05) is 21.1 Å². The van der Waals surface area contributed by atoms with E-state index in [2.05, 4.69) is 257 Å². The fraction of sp³-hybridized carbons (Fsp3) is 0.543. The fourth-order valence-electron chi connectivity index (χ4n) is 10.1. The zero-order valence-corrected chi connectivity index (χ0v) is 65.6. The van der Waals surface area contributed by atoms with Crippen molar-refractivity contribution in [1.29, 1.82) is 0 Å². The molecule has 0 bridgehead atoms. The van der Waals surface area contributed by atoms with Crippen molar-refractivity contribution in [2.45, 2.75) is 283 Å². The molecule has 0 rings (SSSR count). The van der Waals surface area contributed by atoms with Crippen molar-refractivity contribution >= 4 is 17.9 Å². The number of carbonyl (C=O) groups is 3. The average molecular weight is 1420 g/mol. The van der Waals surface area contributed by atoms with Crippen LogP contribution in [0.4, 0.5) is 0 Å². The zero-order chi connectivity index (χ0) is 74.6. The Morgan fingerprint density at radius 2 is 0.524 bits per heavy atom. The molecule has 0 amide bonds. The number of quaternary nitrogens is 1. The van der Waals surface area contributed by atoms with E-state index in [1.165, 1.54) is 51.4 Å². The highest BCUT2D eigenvalue weighted by Crippen LogP contribution is 2.15. The lowest BCUT2D eigenvalue weighted by Gasteiger charge is -2.26. The highest BCUT2D eigenvalue weighted by Gasteiger charge is 2.22. The van der Waals surface area contributed by atoms with E-state index < -0.39 is 24.3 Å². The lowest BCUT2D eigenvalue weighted by molar-refractivity contribution is -0.870. The molecular weight excluding hydrogens is 1270 g/mol. The van der Waals surface area contributed by atoms with Gasteiger partial charge in [0.05, 0.1) is 40.3 Å². The molecule has 2 atom stereocenters. The average Bonchev–Trinajstić information content (AvgIpc) is 1.06. The molecule has 9 nitrogen and oxygen atoms in total. The number of esters is 2. The van der Waals surface area contributed by atoms with E-state index in [4.69, 9.17) is 18.9 Å². The number of hydrogen-bond acceptors (Lipinski definition) is 8. The first kappa shape index (κ1) is 96.1. The second-order valence-electron chi connectivity index (χ2n) is 26.9. The third-order valence-corrected chi connectivity index (χ3v) is 16.1. The van der Waals surface area contributed by atoms with Crippen LogP contribution in [0.15, 0.2) is 243 Å². The van der Waals surface area contributed by atoms with Crippen LogP contribution >= 0.6 is 0 Å². The van der Waals surface area contributed by atoms with Crippen molar-refractivity contribution in [3.05, 3.63) is 243 Å². The predicted molar refractivity (Wildman–Crippen MR) is 443 cm³/mol. The van der Waals surface area contributed by atoms with Crippen LogP contribution in [0.5, 0.6) is 0 Å². The number of ether oxygens (including phenoxy) is 4. The normalized spacial score (nSPS) is 14.0. The van der Waals surface area contributed by atoms with Crippen LogP contribution in [-0.2, 0) is 33.3 Å². The van der Waals surface area contributed by atoms with E-state index in [-0.39, 0.29) is 38.6 Å². The molecule has 0 aromatic carbocycles. The quantitative estimate of drug-likeness (QED) is 0.0195. The van der Waals surface area contributed by atoms with Gasteiger partial charge in [0, 0.05) is 12.8 Å². The first-order chi connectivity index (χ1) is 50.6. The Morgan fingerprint density at radius 3 is 0.777 bits per heavy atom. The summed E-state index contributed by atoms with van der Waals surface area (Å²) in [5.74, 6) is -2.33. The number of unbranched alkanes of at least 4 members (excludes halogenated alkanes) is 16. The van der Waals surface area contributed by atoms with Gasteiger partial charge in [-0.3, -0.25) is 9.59 Å². The summed E-state index contributed by atoms with van der Waals surface area (Å²) in [4.78, 5) is 37.6. The lowest BCUT2D eigenvalue weighted by atomic mass is 10.1. The van der Waals surface area contributed by atoms with Crippen LogP contribution in [0, 0.1) is 0 Å². The van der Waals surface area contributed by atoms with Gasteiger partial charge < -0.3 is 33.3 Å². The number of nitrogens with zero attached hydrogens (tertiary/aromatic N) is 1. The number of hydrogen-bond donors (Lipinski definition) is 0. The molecule has 9 heteroatoms. The smallest absolute Gasteiger partial charge is 0.306 e. The number of carbonyl (C=O) groups excluding carboxylic acids is 3. The number of carboxylic acids is 1. The molecule has 0 aliphatic rings. The monoisotopic (exact) mass is 1420 g/mol. The van der Waals surface area contributed by atoms with Crippen molar-refractivity contribution in [3.63, 3.8) is 0 Å². The van der Waals surface area contributed by atoms with Crippen molar-refractivity contribution in [1.82, 2.24) is 0 Å². The van der Waals surface area contributed by atoms with E-state index in [9.17, 15) is 19.5 Å². The van der Waals surface area contributed by atoms with Crippen molar-refractivity contribution in [2.24, 2.45) is 0 Å². The number of rotatable bonds is 71. The third-order valence-electron chi connectivity index (χ3n) is 16.1. The van der Waals surface area contributed by atoms with Crippen LogP contribution in [0.3, 0.4) is 0 Å². The van der Waals surface area contributed by atoms with Crippen molar-refractivity contribution < 1.29 is 42.9 Å². The van der Waals surface area contributed by atoms with E-state index in [0.717, 1.165) is 180 Å². The van der Waals surface area contributed by atoms with Crippen LogP contribution in [-0.4, -0.2) is 82.3 Å². The van der Waals surface area contributed by atoms with Crippen molar-refractivity contribution in [3.8, 4) is 0 Å². The molecule has 0 aromatic heterocycles. The predicted octanol–water partition coefficient (Wildman–Crippen LogP) is 25.0. The molecular formula is C94H145NO8. The van der Waals surface area contributed by atoms with Gasteiger partial charge in [-0.1, -0.05) is 334 Å². The summed E-state index contributed by atoms with van der Waals surface area (Å²) in [5, 5.41) is 11.9.